The van der Waals surface area contributed by atoms with Crippen molar-refractivity contribution in [3.63, 3.8) is 0 Å². The van der Waals surface area contributed by atoms with E-state index in [4.69, 9.17) is 0 Å². The maximum Gasteiger partial charge on any atom is 0.265 e. The highest BCUT2D eigenvalue weighted by Crippen LogP contribution is 2.42. The van der Waals surface area contributed by atoms with Crippen LogP contribution in [0.4, 0.5) is 14.5 Å². The van der Waals surface area contributed by atoms with E-state index in [1.54, 1.807) is 24.3 Å². The maximum absolute atomic E-state index is 13.4. The highest BCUT2D eigenvalue weighted by atomic mass is 32.2. The van der Waals surface area contributed by atoms with Gasteiger partial charge in [0.1, 0.15) is 0 Å². The van der Waals surface area contributed by atoms with Crippen molar-refractivity contribution in [2.24, 2.45) is 0 Å². The summed E-state index contributed by atoms with van der Waals surface area (Å²) in [5, 5.41) is 1.49. The molecule has 6 heteroatoms. The number of sulfonamides is 1. The van der Waals surface area contributed by atoms with Gasteiger partial charge in [-0.05, 0) is 35.2 Å². The Kier molecular flexibility index (Phi) is 2.93. The van der Waals surface area contributed by atoms with Crippen LogP contribution in [0, 0.1) is 11.6 Å². The monoisotopic (exact) mass is 331 g/mol. The number of benzene rings is 3. The zero-order valence-electron chi connectivity index (χ0n) is 11.8. The van der Waals surface area contributed by atoms with Gasteiger partial charge in [-0.25, -0.2) is 17.2 Å². The van der Waals surface area contributed by atoms with Crippen LogP contribution in [0.3, 0.4) is 0 Å². The second-order valence-corrected chi connectivity index (χ2v) is 7.22. The van der Waals surface area contributed by atoms with E-state index in [1.807, 2.05) is 12.1 Å². The van der Waals surface area contributed by atoms with Gasteiger partial charge in [0.05, 0.1) is 17.1 Å². The molecule has 3 aromatic carbocycles. The Hall–Kier alpha value is -2.47. The van der Waals surface area contributed by atoms with Crippen LogP contribution in [0.2, 0.25) is 0 Å². The molecule has 0 unspecified atom stereocenters. The Morgan fingerprint density at radius 2 is 1.65 bits per heavy atom. The molecule has 1 aliphatic rings. The van der Waals surface area contributed by atoms with E-state index in [0.29, 0.717) is 16.6 Å². The van der Waals surface area contributed by atoms with Crippen LogP contribution in [0.5, 0.6) is 0 Å². The average molecular weight is 331 g/mol. The second kappa shape index (κ2) is 4.76. The molecule has 0 N–H and O–H groups in total. The second-order valence-electron chi connectivity index (χ2n) is 5.39. The molecule has 0 bridgehead atoms. The lowest BCUT2D eigenvalue weighted by molar-refractivity contribution is 0.507. The number of nitrogens with zero attached hydrogens (tertiary/aromatic N) is 1. The van der Waals surface area contributed by atoms with Crippen molar-refractivity contribution in [2.75, 3.05) is 4.31 Å². The van der Waals surface area contributed by atoms with Crippen molar-refractivity contribution in [2.45, 2.75) is 11.4 Å². The van der Waals surface area contributed by atoms with Crippen molar-refractivity contribution in [3.8, 4) is 0 Å². The van der Waals surface area contributed by atoms with Gasteiger partial charge in [0.2, 0.25) is 0 Å². The third-order valence-corrected chi connectivity index (χ3v) is 5.79. The van der Waals surface area contributed by atoms with Crippen molar-refractivity contribution in [3.05, 3.63) is 71.8 Å². The van der Waals surface area contributed by atoms with Gasteiger partial charge in [0.15, 0.2) is 11.6 Å². The van der Waals surface area contributed by atoms with Crippen molar-refractivity contribution < 1.29 is 17.2 Å². The summed E-state index contributed by atoms with van der Waals surface area (Å²) in [5.41, 5.74) is 0.945. The van der Waals surface area contributed by atoms with E-state index in [0.717, 1.165) is 17.5 Å². The highest BCUT2D eigenvalue weighted by molar-refractivity contribution is 7.93. The third-order valence-electron chi connectivity index (χ3n) is 3.99. The van der Waals surface area contributed by atoms with Crippen LogP contribution >= 0.6 is 0 Å². The molecule has 0 fully saturated rings. The van der Waals surface area contributed by atoms with Crippen molar-refractivity contribution in [1.82, 2.24) is 0 Å². The molecule has 0 aliphatic carbocycles. The Morgan fingerprint density at radius 1 is 0.913 bits per heavy atom. The molecule has 0 saturated carbocycles. The van der Waals surface area contributed by atoms with Crippen LogP contribution in [-0.4, -0.2) is 8.42 Å². The zero-order chi connectivity index (χ0) is 16.2. The number of rotatable bonds is 2. The fourth-order valence-electron chi connectivity index (χ4n) is 2.93. The fraction of sp³-hybridized carbons (Fsp3) is 0.0588. The van der Waals surface area contributed by atoms with Crippen LogP contribution in [0.15, 0.2) is 59.5 Å². The Balaban J connectivity index is 1.87. The molecule has 1 aliphatic heterocycles. The summed E-state index contributed by atoms with van der Waals surface area (Å²) >= 11 is 0. The van der Waals surface area contributed by atoms with Gasteiger partial charge in [-0.2, -0.15) is 0 Å². The lowest BCUT2D eigenvalue weighted by Gasteiger charge is -2.19. The molecule has 0 spiro atoms. The smallest absolute Gasteiger partial charge is 0.261 e. The first kappa shape index (κ1) is 14.1. The highest BCUT2D eigenvalue weighted by Gasteiger charge is 2.35. The lowest BCUT2D eigenvalue weighted by atomic mass is 10.1. The van der Waals surface area contributed by atoms with Gasteiger partial charge in [-0.1, -0.05) is 30.3 Å². The van der Waals surface area contributed by atoms with E-state index >= 15 is 0 Å². The van der Waals surface area contributed by atoms with Crippen LogP contribution in [0.1, 0.15) is 5.56 Å². The van der Waals surface area contributed by atoms with Gasteiger partial charge >= 0.3 is 0 Å². The maximum atomic E-state index is 13.4. The van der Waals surface area contributed by atoms with Crippen LogP contribution < -0.4 is 4.31 Å². The van der Waals surface area contributed by atoms with Gasteiger partial charge in [-0.15, -0.1) is 0 Å². The number of hydrogen-bond donors (Lipinski definition) is 0. The van der Waals surface area contributed by atoms with Gasteiger partial charge in [0, 0.05) is 5.39 Å². The molecule has 0 aromatic heterocycles. The molecule has 3 nitrogen and oxygen atoms in total. The molecule has 0 atom stereocenters. The molecule has 23 heavy (non-hydrogen) atoms. The first-order chi connectivity index (χ1) is 11.0. The molecule has 0 amide bonds. The van der Waals surface area contributed by atoms with Gasteiger partial charge < -0.3 is 0 Å². The SMILES string of the molecule is O=S1(=O)c2cccc3cccc(c23)N1Cc1ccc(F)c(F)c1. The molecule has 0 saturated heterocycles. The summed E-state index contributed by atoms with van der Waals surface area (Å²) in [6.07, 6.45) is 0. The minimum Gasteiger partial charge on any atom is -0.261 e. The topological polar surface area (TPSA) is 37.4 Å². The molecule has 116 valence electrons. The molecular weight excluding hydrogens is 320 g/mol. The van der Waals surface area contributed by atoms with E-state index < -0.39 is 21.7 Å². The first-order valence-corrected chi connectivity index (χ1v) is 8.41. The van der Waals surface area contributed by atoms with E-state index in [9.17, 15) is 17.2 Å². The molecule has 3 aromatic rings. The quantitative estimate of drug-likeness (QED) is 0.716. The van der Waals surface area contributed by atoms with Gasteiger partial charge in [0.25, 0.3) is 10.0 Å². The average Bonchev–Trinajstić information content (AvgIpc) is 2.75. The summed E-state index contributed by atoms with van der Waals surface area (Å²) in [6, 6.07) is 13.9. The molecular formula is C17H11F2NO2S. The summed E-state index contributed by atoms with van der Waals surface area (Å²) in [4.78, 5) is 0.244. The number of hydrogen-bond acceptors (Lipinski definition) is 2. The van der Waals surface area contributed by atoms with Crippen molar-refractivity contribution >= 4 is 26.5 Å². The minimum atomic E-state index is -3.70. The fourth-order valence-corrected chi connectivity index (χ4v) is 4.63. The number of anilines is 1. The van der Waals surface area contributed by atoms with Crippen LogP contribution in [0.25, 0.3) is 10.8 Å². The van der Waals surface area contributed by atoms with E-state index in [1.165, 1.54) is 10.4 Å². The first-order valence-electron chi connectivity index (χ1n) is 6.97. The van der Waals surface area contributed by atoms with Crippen molar-refractivity contribution in [1.29, 1.82) is 0 Å². The zero-order valence-corrected chi connectivity index (χ0v) is 12.6. The lowest BCUT2D eigenvalue weighted by Crippen LogP contribution is -2.26. The van der Waals surface area contributed by atoms with Crippen LogP contribution in [-0.2, 0) is 16.6 Å². The largest absolute Gasteiger partial charge is 0.265 e. The Labute approximate surface area is 131 Å². The normalized spacial score (nSPS) is 15.3. The molecule has 1 heterocycles. The predicted molar refractivity (Wildman–Crippen MR) is 83.7 cm³/mol. The van der Waals surface area contributed by atoms with E-state index in [2.05, 4.69) is 0 Å². The third kappa shape index (κ3) is 2.02. The standard InChI is InChI=1S/C17H11F2NO2S/c18-13-8-7-11(9-14(13)19)10-20-15-5-1-3-12-4-2-6-16(17(12)15)23(20,21)22/h1-9H,10H2. The molecule has 0 radical (unpaired) electrons. The molecule has 4 rings (SSSR count). The number of halogens is 2. The van der Waals surface area contributed by atoms with E-state index in [-0.39, 0.29) is 11.4 Å². The summed E-state index contributed by atoms with van der Waals surface area (Å²) in [7, 11) is -3.70. The Bertz CT molecular complexity index is 1040. The Morgan fingerprint density at radius 3 is 2.39 bits per heavy atom. The predicted octanol–water partition coefficient (Wildman–Crippen LogP) is 3.83. The summed E-state index contributed by atoms with van der Waals surface area (Å²) < 4.78 is 53.2. The summed E-state index contributed by atoms with van der Waals surface area (Å²) in [5.74, 6) is -1.95. The summed E-state index contributed by atoms with van der Waals surface area (Å²) in [6.45, 7) is -0.0483. The minimum absolute atomic E-state index is 0.0483. The van der Waals surface area contributed by atoms with Gasteiger partial charge in [-0.3, -0.25) is 4.31 Å².